The minimum absolute atomic E-state index is 0.113. The van der Waals surface area contributed by atoms with Crippen molar-refractivity contribution in [1.29, 1.82) is 0 Å². The molecule has 4 aromatic rings. The van der Waals surface area contributed by atoms with Gasteiger partial charge >= 0.3 is 0 Å². The lowest BCUT2D eigenvalue weighted by atomic mass is 10.1. The number of hydrogen-bond acceptors (Lipinski definition) is 4. The van der Waals surface area contributed by atoms with Gasteiger partial charge in [0.1, 0.15) is 5.75 Å². The molecule has 7 heteroatoms. The zero-order valence-corrected chi connectivity index (χ0v) is 18.5. The summed E-state index contributed by atoms with van der Waals surface area (Å²) in [5, 5.41) is 5.11. The maximum Gasteiger partial charge on any atom is 0.264 e. The van der Waals surface area contributed by atoms with E-state index in [9.17, 15) is 13.2 Å². The van der Waals surface area contributed by atoms with Crippen molar-refractivity contribution in [1.82, 2.24) is 5.32 Å². The predicted molar refractivity (Wildman–Crippen MR) is 128 cm³/mol. The van der Waals surface area contributed by atoms with Crippen LogP contribution in [0.3, 0.4) is 0 Å². The van der Waals surface area contributed by atoms with Crippen molar-refractivity contribution in [2.45, 2.75) is 17.5 Å². The Balaban J connectivity index is 1.38. The van der Waals surface area contributed by atoms with Crippen LogP contribution in [-0.4, -0.2) is 27.0 Å². The maximum atomic E-state index is 13.4. The van der Waals surface area contributed by atoms with Crippen LogP contribution < -0.4 is 14.4 Å². The zero-order chi connectivity index (χ0) is 22.8. The van der Waals surface area contributed by atoms with Crippen molar-refractivity contribution in [2.24, 2.45) is 0 Å². The Bertz CT molecular complexity index is 1420. The molecule has 0 aliphatic carbocycles. The van der Waals surface area contributed by atoms with Gasteiger partial charge in [-0.15, -0.1) is 0 Å². The number of anilines is 1. The number of rotatable bonds is 5. The Labute approximate surface area is 192 Å². The third-order valence-corrected chi connectivity index (χ3v) is 7.43. The summed E-state index contributed by atoms with van der Waals surface area (Å²) in [5.74, 6) is -0.0139. The van der Waals surface area contributed by atoms with Gasteiger partial charge in [-0.2, -0.15) is 0 Å². The number of sulfonamides is 1. The van der Waals surface area contributed by atoms with E-state index in [1.54, 1.807) is 54.6 Å². The highest BCUT2D eigenvalue weighted by Gasteiger charge is 2.37. The first kappa shape index (κ1) is 21.0. The first-order valence-corrected chi connectivity index (χ1v) is 12.1. The van der Waals surface area contributed by atoms with Gasteiger partial charge in [-0.1, -0.05) is 66.7 Å². The third kappa shape index (κ3) is 4.15. The minimum Gasteiger partial charge on any atom is -0.476 e. The molecular weight excluding hydrogens is 436 g/mol. The highest BCUT2D eigenvalue weighted by Crippen LogP contribution is 2.36. The van der Waals surface area contributed by atoms with Crippen molar-refractivity contribution in [2.75, 3.05) is 10.8 Å². The SMILES string of the molecule is O=C(NCc1ccc2ccccc2c1)[C@H]1CN(S(=O)(=O)c2ccccc2)c2ccccc2O1. The van der Waals surface area contributed by atoms with Gasteiger partial charge in [-0.3, -0.25) is 9.10 Å². The standard InChI is InChI=1S/C26H22N2O4S/c29-26(27-17-19-14-15-20-8-4-5-9-21(20)16-19)25-18-28(23-12-6-7-13-24(23)32-25)33(30,31)22-10-2-1-3-11-22/h1-16,25H,17-18H2,(H,27,29)/t25-/m1/s1. The second-order valence-electron chi connectivity index (χ2n) is 7.82. The summed E-state index contributed by atoms with van der Waals surface area (Å²) in [5.41, 5.74) is 1.37. The summed E-state index contributed by atoms with van der Waals surface area (Å²) in [4.78, 5) is 13.2. The Morgan fingerprint density at radius 2 is 1.58 bits per heavy atom. The van der Waals surface area contributed by atoms with E-state index in [4.69, 9.17) is 4.74 Å². The number of ether oxygens (including phenoxy) is 1. The number of fused-ring (bicyclic) bond motifs is 2. The van der Waals surface area contributed by atoms with Crippen LogP contribution in [-0.2, 0) is 21.4 Å². The molecule has 1 aliphatic heterocycles. The van der Waals surface area contributed by atoms with Gasteiger partial charge in [0.15, 0.2) is 6.10 Å². The summed E-state index contributed by atoms with van der Waals surface area (Å²) < 4.78 is 33.9. The fourth-order valence-electron chi connectivity index (χ4n) is 3.94. The summed E-state index contributed by atoms with van der Waals surface area (Å²) in [7, 11) is -3.86. The molecule has 0 bridgehead atoms. The van der Waals surface area contributed by atoms with Crippen LogP contribution >= 0.6 is 0 Å². The van der Waals surface area contributed by atoms with Crippen molar-refractivity contribution in [3.05, 3.63) is 103 Å². The van der Waals surface area contributed by atoms with E-state index < -0.39 is 16.1 Å². The number of para-hydroxylation sites is 2. The van der Waals surface area contributed by atoms with Gasteiger partial charge in [0.25, 0.3) is 15.9 Å². The lowest BCUT2D eigenvalue weighted by Crippen LogP contribution is -2.50. The van der Waals surface area contributed by atoms with Crippen LogP contribution in [0.5, 0.6) is 5.75 Å². The summed E-state index contributed by atoms with van der Waals surface area (Å²) >= 11 is 0. The average Bonchev–Trinajstić information content (AvgIpc) is 2.87. The monoisotopic (exact) mass is 458 g/mol. The number of benzene rings is 4. The van der Waals surface area contributed by atoms with Crippen LogP contribution in [0.1, 0.15) is 5.56 Å². The van der Waals surface area contributed by atoms with Gasteiger partial charge in [0.2, 0.25) is 0 Å². The molecule has 0 saturated carbocycles. The first-order valence-electron chi connectivity index (χ1n) is 10.6. The van der Waals surface area contributed by atoms with Crippen molar-refractivity contribution in [3.8, 4) is 5.75 Å². The van der Waals surface area contributed by atoms with Gasteiger partial charge in [-0.05, 0) is 46.7 Å². The van der Waals surface area contributed by atoms with Gasteiger partial charge in [0, 0.05) is 6.54 Å². The second-order valence-corrected chi connectivity index (χ2v) is 9.69. The molecule has 0 radical (unpaired) electrons. The summed E-state index contributed by atoms with van der Waals surface area (Å²) in [6.07, 6.45) is -0.973. The lowest BCUT2D eigenvalue weighted by Gasteiger charge is -2.34. The number of hydrogen-bond donors (Lipinski definition) is 1. The van der Waals surface area contributed by atoms with Gasteiger partial charge in [-0.25, -0.2) is 8.42 Å². The van der Waals surface area contributed by atoms with E-state index >= 15 is 0 Å². The van der Waals surface area contributed by atoms with Crippen molar-refractivity contribution >= 4 is 32.4 Å². The number of nitrogens with one attached hydrogen (secondary N) is 1. The molecule has 33 heavy (non-hydrogen) atoms. The molecule has 0 saturated heterocycles. The summed E-state index contributed by atoms with van der Waals surface area (Å²) in [6, 6.07) is 29.1. The Morgan fingerprint density at radius 1 is 0.879 bits per heavy atom. The average molecular weight is 459 g/mol. The maximum absolute atomic E-state index is 13.4. The van der Waals surface area contributed by atoms with Gasteiger partial charge < -0.3 is 10.1 Å². The van der Waals surface area contributed by atoms with E-state index in [1.807, 2.05) is 42.5 Å². The van der Waals surface area contributed by atoms with Gasteiger partial charge in [0.05, 0.1) is 17.1 Å². The van der Waals surface area contributed by atoms with E-state index in [0.717, 1.165) is 16.3 Å². The Kier molecular flexibility index (Phi) is 5.48. The molecular formula is C26H22N2O4S. The van der Waals surface area contributed by atoms with Crippen LogP contribution in [0.15, 0.2) is 102 Å². The number of carbonyl (C=O) groups is 1. The molecule has 0 fully saturated rings. The predicted octanol–water partition coefficient (Wildman–Crippen LogP) is 4.11. The van der Waals surface area contributed by atoms with Crippen LogP contribution in [0.25, 0.3) is 10.8 Å². The molecule has 0 aromatic heterocycles. The molecule has 6 nitrogen and oxygen atoms in total. The van der Waals surface area contributed by atoms with Crippen LogP contribution in [0.4, 0.5) is 5.69 Å². The quantitative estimate of drug-likeness (QED) is 0.488. The van der Waals surface area contributed by atoms with E-state index in [2.05, 4.69) is 5.32 Å². The van der Waals surface area contributed by atoms with Crippen molar-refractivity contribution < 1.29 is 17.9 Å². The molecule has 1 atom stereocenters. The molecule has 0 spiro atoms. The molecule has 1 N–H and O–H groups in total. The largest absolute Gasteiger partial charge is 0.476 e. The number of nitrogens with zero attached hydrogens (tertiary/aromatic N) is 1. The Hall–Kier alpha value is -3.84. The lowest BCUT2D eigenvalue weighted by molar-refractivity contribution is -0.127. The van der Waals surface area contributed by atoms with E-state index in [0.29, 0.717) is 18.0 Å². The zero-order valence-electron chi connectivity index (χ0n) is 17.7. The fraction of sp³-hybridized carbons (Fsp3) is 0.115. The van der Waals surface area contributed by atoms with Crippen molar-refractivity contribution in [3.63, 3.8) is 0 Å². The highest BCUT2D eigenvalue weighted by atomic mass is 32.2. The van der Waals surface area contributed by atoms with Crippen LogP contribution in [0, 0.1) is 0 Å². The third-order valence-electron chi connectivity index (χ3n) is 5.64. The molecule has 5 rings (SSSR count). The topological polar surface area (TPSA) is 75.7 Å². The fourth-order valence-corrected chi connectivity index (χ4v) is 5.43. The minimum atomic E-state index is -3.86. The van der Waals surface area contributed by atoms with E-state index in [-0.39, 0.29) is 17.3 Å². The molecule has 1 amide bonds. The van der Waals surface area contributed by atoms with Crippen LogP contribution in [0.2, 0.25) is 0 Å². The molecule has 1 aliphatic rings. The Morgan fingerprint density at radius 3 is 2.39 bits per heavy atom. The molecule has 4 aromatic carbocycles. The molecule has 0 unspecified atom stereocenters. The summed E-state index contributed by atoms with van der Waals surface area (Å²) in [6.45, 7) is 0.203. The second kappa shape index (κ2) is 8.60. The highest BCUT2D eigenvalue weighted by molar-refractivity contribution is 7.92. The number of carbonyl (C=O) groups excluding carboxylic acids is 1. The molecule has 1 heterocycles. The number of amides is 1. The normalized spacial score (nSPS) is 15.5. The smallest absolute Gasteiger partial charge is 0.264 e. The van der Waals surface area contributed by atoms with E-state index in [1.165, 1.54) is 4.31 Å². The first-order chi connectivity index (χ1) is 16.0. The molecule has 166 valence electrons.